The first-order chi connectivity index (χ1) is 17.3. The molecule has 7 nitrogen and oxygen atoms in total. The van der Waals surface area contributed by atoms with Crippen LogP contribution in [0, 0.1) is 11.8 Å². The number of amides is 3. The molecule has 188 valence electrons. The van der Waals surface area contributed by atoms with Crippen LogP contribution in [0.25, 0.3) is 10.9 Å². The van der Waals surface area contributed by atoms with Crippen molar-refractivity contribution in [3.63, 3.8) is 0 Å². The summed E-state index contributed by atoms with van der Waals surface area (Å²) in [4.78, 5) is 45.7. The third-order valence-electron chi connectivity index (χ3n) is 7.18. The van der Waals surface area contributed by atoms with E-state index in [2.05, 4.69) is 21.7 Å². The van der Waals surface area contributed by atoms with Crippen LogP contribution < -0.4 is 10.6 Å². The summed E-state index contributed by atoms with van der Waals surface area (Å²) in [5, 5.41) is 7.04. The molecule has 0 radical (unpaired) electrons. The highest BCUT2D eigenvalue weighted by Crippen LogP contribution is 2.46. The number of fused-ring (bicyclic) bond motifs is 7. The fourth-order valence-electron chi connectivity index (χ4n) is 5.54. The van der Waals surface area contributed by atoms with Gasteiger partial charge in [-0.2, -0.15) is 0 Å². The van der Waals surface area contributed by atoms with Crippen LogP contribution in [0.3, 0.4) is 0 Å². The van der Waals surface area contributed by atoms with Gasteiger partial charge in [0.15, 0.2) is 0 Å². The molecule has 0 fully saturated rings. The Morgan fingerprint density at radius 1 is 1.03 bits per heavy atom. The maximum absolute atomic E-state index is 13.8. The lowest BCUT2D eigenvalue weighted by molar-refractivity contribution is -0.132. The zero-order valence-electron chi connectivity index (χ0n) is 21.3. The van der Waals surface area contributed by atoms with Crippen LogP contribution in [0.15, 0.2) is 48.5 Å². The zero-order valence-corrected chi connectivity index (χ0v) is 21.3. The van der Waals surface area contributed by atoms with E-state index < -0.39 is 12.1 Å². The molecule has 36 heavy (non-hydrogen) atoms. The minimum absolute atomic E-state index is 0.148. The van der Waals surface area contributed by atoms with Gasteiger partial charge >= 0.3 is 0 Å². The Hall–Kier alpha value is -3.61. The Morgan fingerprint density at radius 3 is 2.50 bits per heavy atom. The molecule has 0 saturated carbocycles. The molecular formula is C29H34N4O3. The summed E-state index contributed by atoms with van der Waals surface area (Å²) in [5.74, 6) is -0.0874. The predicted molar refractivity (Wildman–Crippen MR) is 139 cm³/mol. The molecule has 2 aliphatic heterocycles. The average molecular weight is 487 g/mol. The van der Waals surface area contributed by atoms with Crippen molar-refractivity contribution in [1.29, 1.82) is 0 Å². The molecule has 3 atom stereocenters. The number of carbonyl (C=O) groups is 3. The van der Waals surface area contributed by atoms with Crippen LogP contribution in [0.1, 0.15) is 67.3 Å². The molecule has 5 rings (SSSR count). The molecule has 1 aromatic heterocycles. The first-order valence-corrected chi connectivity index (χ1v) is 12.8. The molecule has 3 aromatic rings. The molecule has 3 N–H and O–H groups in total. The highest BCUT2D eigenvalue weighted by Gasteiger charge is 2.49. The number of aromatic amines is 1. The van der Waals surface area contributed by atoms with Crippen molar-refractivity contribution >= 4 is 28.6 Å². The zero-order chi connectivity index (χ0) is 25.6. The molecule has 3 heterocycles. The summed E-state index contributed by atoms with van der Waals surface area (Å²) >= 11 is 0. The predicted octanol–water partition coefficient (Wildman–Crippen LogP) is 3.94. The van der Waals surface area contributed by atoms with Crippen LogP contribution in [0.2, 0.25) is 0 Å². The monoisotopic (exact) mass is 486 g/mol. The SMILES string of the molecule is CC(C)CNC(=O)C(CC(C)C)NC(=O)C1Cc2c([nH]c3ccccc23)C2c3ccccc3C(=O)N12. The summed E-state index contributed by atoms with van der Waals surface area (Å²) in [6.07, 6.45) is 0.918. The second kappa shape index (κ2) is 9.45. The quantitative estimate of drug-likeness (QED) is 0.472. The standard InChI is InChI=1S/C29H34N4O3/c1-16(2)13-23(27(34)30-15-17(3)4)32-28(35)24-14-21-18-9-7-8-12-22(18)31-25(21)26-19-10-5-6-11-20(19)29(36)33(24)26/h5-12,16-17,23-24,26,31H,13-15H2,1-4H3,(H,30,34)(H,32,35). The van der Waals surface area contributed by atoms with Gasteiger partial charge in [-0.3, -0.25) is 14.4 Å². The highest BCUT2D eigenvalue weighted by atomic mass is 16.2. The summed E-state index contributed by atoms with van der Waals surface area (Å²) in [6.45, 7) is 8.68. The molecule has 0 spiro atoms. The lowest BCUT2D eigenvalue weighted by Crippen LogP contribution is -2.57. The van der Waals surface area contributed by atoms with E-state index in [1.54, 1.807) is 4.90 Å². The van der Waals surface area contributed by atoms with Gasteiger partial charge in [0, 0.05) is 35.1 Å². The minimum atomic E-state index is -0.714. The number of carbonyl (C=O) groups excluding carboxylic acids is 3. The molecule has 0 bridgehead atoms. The number of benzene rings is 2. The van der Waals surface area contributed by atoms with E-state index in [0.717, 1.165) is 27.7 Å². The van der Waals surface area contributed by atoms with Crippen molar-refractivity contribution in [1.82, 2.24) is 20.5 Å². The van der Waals surface area contributed by atoms with E-state index in [1.165, 1.54) is 0 Å². The first-order valence-electron chi connectivity index (χ1n) is 12.8. The van der Waals surface area contributed by atoms with E-state index in [1.807, 2.05) is 70.2 Å². The van der Waals surface area contributed by atoms with Gasteiger partial charge in [-0.15, -0.1) is 0 Å². The lowest BCUT2D eigenvalue weighted by Gasteiger charge is -2.38. The fraction of sp³-hybridized carbons (Fsp3) is 0.414. The van der Waals surface area contributed by atoms with Gasteiger partial charge in [0.25, 0.3) is 5.91 Å². The Labute approximate surface area is 211 Å². The van der Waals surface area contributed by atoms with Gasteiger partial charge < -0.3 is 20.5 Å². The summed E-state index contributed by atoms with van der Waals surface area (Å²) in [6, 6.07) is 13.9. The smallest absolute Gasteiger partial charge is 0.255 e. The number of nitrogens with zero attached hydrogens (tertiary/aromatic N) is 1. The van der Waals surface area contributed by atoms with Crippen LogP contribution in [-0.4, -0.2) is 46.2 Å². The number of H-pyrrole nitrogens is 1. The van der Waals surface area contributed by atoms with Crippen molar-refractivity contribution in [3.05, 3.63) is 70.9 Å². The third-order valence-corrected chi connectivity index (χ3v) is 7.18. The fourth-order valence-corrected chi connectivity index (χ4v) is 5.54. The van der Waals surface area contributed by atoms with E-state index >= 15 is 0 Å². The normalized spacial score (nSPS) is 19.3. The maximum atomic E-state index is 13.8. The average Bonchev–Trinajstić information content (AvgIpc) is 3.37. The van der Waals surface area contributed by atoms with E-state index in [-0.39, 0.29) is 29.7 Å². The van der Waals surface area contributed by atoms with Gasteiger partial charge in [-0.1, -0.05) is 64.1 Å². The molecule has 2 aliphatic rings. The summed E-state index contributed by atoms with van der Waals surface area (Å²) in [7, 11) is 0. The molecule has 0 saturated heterocycles. The number of rotatable bonds is 7. The van der Waals surface area contributed by atoms with Crippen molar-refractivity contribution in [2.24, 2.45) is 11.8 Å². The third kappa shape index (κ3) is 4.16. The van der Waals surface area contributed by atoms with Gasteiger partial charge in [-0.05, 0) is 41.5 Å². The molecule has 3 unspecified atom stereocenters. The number of para-hydroxylation sites is 1. The molecule has 0 aliphatic carbocycles. The second-order valence-electron chi connectivity index (χ2n) is 10.8. The molecular weight excluding hydrogens is 452 g/mol. The largest absolute Gasteiger partial charge is 0.356 e. The van der Waals surface area contributed by atoms with Crippen LogP contribution in [-0.2, 0) is 16.0 Å². The number of aromatic nitrogens is 1. The van der Waals surface area contributed by atoms with Crippen LogP contribution >= 0.6 is 0 Å². The number of nitrogens with one attached hydrogen (secondary N) is 3. The Balaban J connectivity index is 1.51. The van der Waals surface area contributed by atoms with Crippen molar-refractivity contribution in [2.45, 2.75) is 58.7 Å². The lowest BCUT2D eigenvalue weighted by atomic mass is 9.89. The van der Waals surface area contributed by atoms with Gasteiger partial charge in [-0.25, -0.2) is 0 Å². The Morgan fingerprint density at radius 2 is 1.75 bits per heavy atom. The Bertz CT molecular complexity index is 1330. The molecule has 7 heteroatoms. The number of hydrogen-bond acceptors (Lipinski definition) is 3. The summed E-state index contributed by atoms with van der Waals surface area (Å²) < 4.78 is 0. The summed E-state index contributed by atoms with van der Waals surface area (Å²) in [5.41, 5.74) is 4.54. The second-order valence-corrected chi connectivity index (χ2v) is 10.8. The minimum Gasteiger partial charge on any atom is -0.356 e. The molecule has 2 aromatic carbocycles. The highest BCUT2D eigenvalue weighted by molar-refractivity contribution is 6.04. The van der Waals surface area contributed by atoms with Crippen LogP contribution in [0.4, 0.5) is 0 Å². The van der Waals surface area contributed by atoms with Gasteiger partial charge in [0.1, 0.15) is 12.1 Å². The van der Waals surface area contributed by atoms with E-state index in [9.17, 15) is 14.4 Å². The van der Waals surface area contributed by atoms with Crippen molar-refractivity contribution < 1.29 is 14.4 Å². The maximum Gasteiger partial charge on any atom is 0.255 e. The van der Waals surface area contributed by atoms with Crippen molar-refractivity contribution in [3.8, 4) is 0 Å². The number of hydrogen-bond donors (Lipinski definition) is 3. The first kappa shape index (κ1) is 24.1. The topological polar surface area (TPSA) is 94.3 Å². The van der Waals surface area contributed by atoms with Gasteiger partial charge in [0.2, 0.25) is 11.8 Å². The van der Waals surface area contributed by atoms with Gasteiger partial charge in [0.05, 0.1) is 6.04 Å². The van der Waals surface area contributed by atoms with E-state index in [4.69, 9.17) is 0 Å². The van der Waals surface area contributed by atoms with Crippen molar-refractivity contribution in [2.75, 3.05) is 6.54 Å². The van der Waals surface area contributed by atoms with E-state index in [0.29, 0.717) is 30.9 Å². The molecule has 3 amide bonds. The van der Waals surface area contributed by atoms with Crippen LogP contribution in [0.5, 0.6) is 0 Å². The Kier molecular flexibility index (Phi) is 6.33.